The third kappa shape index (κ3) is 2.43. The Morgan fingerprint density at radius 3 is 3.00 bits per heavy atom. The third-order valence-electron chi connectivity index (χ3n) is 4.19. The van der Waals surface area contributed by atoms with Crippen LogP contribution in [0.15, 0.2) is 30.9 Å². The molecule has 3 aromatic heterocycles. The summed E-state index contributed by atoms with van der Waals surface area (Å²) in [5.41, 5.74) is 2.71. The topological polar surface area (TPSA) is 91.1 Å². The van der Waals surface area contributed by atoms with Crippen LogP contribution in [-0.2, 0) is 0 Å². The van der Waals surface area contributed by atoms with Gasteiger partial charge in [0, 0.05) is 24.6 Å². The highest BCUT2D eigenvalue weighted by atomic mass is 16.3. The zero-order valence-corrected chi connectivity index (χ0v) is 12.1. The lowest BCUT2D eigenvalue weighted by Crippen LogP contribution is -2.28. The molecule has 3 heterocycles. The van der Waals surface area contributed by atoms with Crippen molar-refractivity contribution in [3.8, 4) is 11.3 Å². The highest BCUT2D eigenvalue weighted by Crippen LogP contribution is 2.24. The van der Waals surface area contributed by atoms with Crippen molar-refractivity contribution in [3.63, 3.8) is 0 Å². The first-order chi connectivity index (χ1) is 10.8. The Morgan fingerprint density at radius 2 is 2.14 bits per heavy atom. The number of aliphatic hydroxyl groups is 1. The minimum Gasteiger partial charge on any atom is -0.393 e. The van der Waals surface area contributed by atoms with Crippen molar-refractivity contribution in [3.05, 3.63) is 30.9 Å². The van der Waals surface area contributed by atoms with Gasteiger partial charge in [0.1, 0.15) is 5.65 Å². The number of aliphatic hydroxyl groups excluding tert-OH is 1. The quantitative estimate of drug-likeness (QED) is 0.686. The minimum atomic E-state index is -0.154. The van der Waals surface area contributed by atoms with Gasteiger partial charge in [0.25, 0.3) is 0 Å². The van der Waals surface area contributed by atoms with Crippen molar-refractivity contribution < 1.29 is 5.11 Å². The van der Waals surface area contributed by atoms with Crippen LogP contribution in [0.1, 0.15) is 25.7 Å². The second kappa shape index (κ2) is 5.42. The molecule has 1 aliphatic rings. The molecule has 1 aliphatic carbocycles. The van der Waals surface area contributed by atoms with E-state index in [9.17, 15) is 5.11 Å². The summed E-state index contributed by atoms with van der Waals surface area (Å²) in [5, 5.41) is 17.2. The van der Waals surface area contributed by atoms with Crippen LogP contribution in [0.5, 0.6) is 0 Å². The van der Waals surface area contributed by atoms with Crippen molar-refractivity contribution in [1.82, 2.24) is 24.6 Å². The fourth-order valence-electron chi connectivity index (χ4n) is 2.97. The largest absolute Gasteiger partial charge is 0.393 e. The summed E-state index contributed by atoms with van der Waals surface area (Å²) in [6, 6.07) is 2.21. The van der Waals surface area contributed by atoms with Gasteiger partial charge in [-0.15, -0.1) is 0 Å². The summed E-state index contributed by atoms with van der Waals surface area (Å²) in [5.74, 6) is 0.629. The molecule has 0 bridgehead atoms. The predicted octanol–water partition coefficient (Wildman–Crippen LogP) is 1.83. The summed E-state index contributed by atoms with van der Waals surface area (Å²) in [6.07, 6.45) is 10.7. The van der Waals surface area contributed by atoms with Crippen LogP contribution >= 0.6 is 0 Å². The Balaban J connectivity index is 1.57. The Hall–Kier alpha value is -2.41. The first kappa shape index (κ1) is 13.3. The first-order valence-electron chi connectivity index (χ1n) is 7.58. The average molecular weight is 298 g/mol. The van der Waals surface area contributed by atoms with Gasteiger partial charge in [-0.2, -0.15) is 5.10 Å². The van der Waals surface area contributed by atoms with Crippen LogP contribution in [0.4, 0.5) is 5.95 Å². The number of imidazole rings is 1. The highest BCUT2D eigenvalue weighted by Gasteiger charge is 2.20. The molecule has 0 aromatic carbocycles. The Bertz CT molecular complexity index is 771. The van der Waals surface area contributed by atoms with Gasteiger partial charge in [0.2, 0.25) is 5.95 Å². The number of rotatable bonds is 3. The van der Waals surface area contributed by atoms with Crippen LogP contribution < -0.4 is 5.32 Å². The van der Waals surface area contributed by atoms with E-state index in [1.165, 1.54) is 0 Å². The number of fused-ring (bicyclic) bond motifs is 1. The molecule has 0 unspecified atom stereocenters. The molecule has 7 heteroatoms. The van der Waals surface area contributed by atoms with Crippen molar-refractivity contribution in [2.45, 2.75) is 37.8 Å². The molecule has 0 aliphatic heterocycles. The van der Waals surface area contributed by atoms with Crippen LogP contribution in [-0.4, -0.2) is 41.8 Å². The summed E-state index contributed by atoms with van der Waals surface area (Å²) in [7, 11) is 0. The maximum absolute atomic E-state index is 9.57. The number of anilines is 1. The van der Waals surface area contributed by atoms with E-state index in [1.807, 2.05) is 18.5 Å². The molecule has 0 saturated heterocycles. The van der Waals surface area contributed by atoms with Gasteiger partial charge < -0.3 is 15.4 Å². The van der Waals surface area contributed by atoms with E-state index in [0.717, 1.165) is 42.6 Å². The number of aromatic amines is 1. The van der Waals surface area contributed by atoms with Crippen LogP contribution in [0.2, 0.25) is 0 Å². The summed E-state index contributed by atoms with van der Waals surface area (Å²) in [6.45, 7) is 0. The average Bonchev–Trinajstić information content (AvgIpc) is 3.13. The molecule has 0 atom stereocenters. The van der Waals surface area contributed by atoms with E-state index in [1.54, 1.807) is 16.9 Å². The predicted molar refractivity (Wildman–Crippen MR) is 82.5 cm³/mol. The number of aromatic nitrogens is 5. The smallest absolute Gasteiger partial charge is 0.223 e. The second-order valence-electron chi connectivity index (χ2n) is 5.73. The van der Waals surface area contributed by atoms with E-state index >= 15 is 0 Å². The minimum absolute atomic E-state index is 0.154. The number of nitrogens with one attached hydrogen (secondary N) is 2. The van der Waals surface area contributed by atoms with Crippen molar-refractivity contribution >= 4 is 11.6 Å². The second-order valence-corrected chi connectivity index (χ2v) is 5.73. The fraction of sp³-hybridized carbons (Fsp3) is 0.400. The molecule has 0 radical (unpaired) electrons. The van der Waals surface area contributed by atoms with Crippen molar-refractivity contribution in [2.75, 3.05) is 5.32 Å². The van der Waals surface area contributed by atoms with Gasteiger partial charge in [-0.1, -0.05) is 0 Å². The van der Waals surface area contributed by atoms with Crippen LogP contribution in [0, 0.1) is 0 Å². The molecule has 22 heavy (non-hydrogen) atoms. The van der Waals surface area contributed by atoms with E-state index in [4.69, 9.17) is 0 Å². The van der Waals surface area contributed by atoms with E-state index < -0.39 is 0 Å². The summed E-state index contributed by atoms with van der Waals surface area (Å²) >= 11 is 0. The van der Waals surface area contributed by atoms with Crippen molar-refractivity contribution in [1.29, 1.82) is 0 Å². The zero-order valence-electron chi connectivity index (χ0n) is 12.1. The molecule has 1 fully saturated rings. The van der Waals surface area contributed by atoms with Gasteiger partial charge in [-0.3, -0.25) is 0 Å². The Labute approximate surface area is 127 Å². The maximum atomic E-state index is 9.57. The molecular formula is C15H18N6O. The van der Waals surface area contributed by atoms with Crippen LogP contribution in [0.3, 0.4) is 0 Å². The van der Waals surface area contributed by atoms with E-state index in [-0.39, 0.29) is 6.10 Å². The SMILES string of the molecule is O[C@H]1CC[C@H](Nc2nccc(-c3cnn4cc[nH]c34)n2)CC1. The molecule has 0 spiro atoms. The third-order valence-corrected chi connectivity index (χ3v) is 4.19. The van der Waals surface area contributed by atoms with E-state index in [2.05, 4.69) is 25.4 Å². The number of hydrogen-bond acceptors (Lipinski definition) is 5. The molecule has 3 N–H and O–H groups in total. The van der Waals surface area contributed by atoms with Crippen LogP contribution in [0.25, 0.3) is 16.9 Å². The molecular weight excluding hydrogens is 280 g/mol. The van der Waals surface area contributed by atoms with Gasteiger partial charge in [0.05, 0.1) is 23.6 Å². The highest BCUT2D eigenvalue weighted by molar-refractivity contribution is 5.74. The lowest BCUT2D eigenvalue weighted by Gasteiger charge is -2.26. The van der Waals surface area contributed by atoms with Crippen molar-refractivity contribution in [2.24, 2.45) is 0 Å². The standard InChI is InChI=1S/C15H18N6O/c22-11-3-1-10(2-4-11)19-15-17-6-5-13(20-15)12-9-18-21-8-7-16-14(12)21/h5-11,16,22H,1-4H2,(H,17,19,20)/t10-,11-. The van der Waals surface area contributed by atoms with Gasteiger partial charge >= 0.3 is 0 Å². The summed E-state index contributed by atoms with van der Waals surface area (Å²) < 4.78 is 1.78. The molecule has 1 saturated carbocycles. The normalized spacial score (nSPS) is 22.0. The molecule has 3 aromatic rings. The first-order valence-corrected chi connectivity index (χ1v) is 7.58. The molecule has 114 valence electrons. The number of H-pyrrole nitrogens is 1. The number of hydrogen-bond donors (Lipinski definition) is 3. The monoisotopic (exact) mass is 298 g/mol. The van der Waals surface area contributed by atoms with E-state index in [0.29, 0.717) is 12.0 Å². The Kier molecular flexibility index (Phi) is 3.27. The summed E-state index contributed by atoms with van der Waals surface area (Å²) in [4.78, 5) is 12.1. The lowest BCUT2D eigenvalue weighted by atomic mass is 9.93. The fourth-order valence-corrected chi connectivity index (χ4v) is 2.97. The van der Waals surface area contributed by atoms with Gasteiger partial charge in [-0.05, 0) is 31.7 Å². The number of nitrogens with zero attached hydrogens (tertiary/aromatic N) is 4. The molecule has 0 amide bonds. The Morgan fingerprint density at radius 1 is 1.27 bits per heavy atom. The van der Waals surface area contributed by atoms with Gasteiger partial charge in [0.15, 0.2) is 0 Å². The van der Waals surface area contributed by atoms with Gasteiger partial charge in [-0.25, -0.2) is 14.5 Å². The zero-order chi connectivity index (χ0) is 14.9. The molecule has 7 nitrogen and oxygen atoms in total. The maximum Gasteiger partial charge on any atom is 0.223 e. The lowest BCUT2D eigenvalue weighted by molar-refractivity contribution is 0.126. The molecule has 4 rings (SSSR count).